The Bertz CT molecular complexity index is 1040. The van der Waals surface area contributed by atoms with E-state index in [2.05, 4.69) is 10.6 Å². The van der Waals surface area contributed by atoms with E-state index in [4.69, 9.17) is 11.6 Å². The van der Waals surface area contributed by atoms with Crippen molar-refractivity contribution in [1.82, 2.24) is 15.1 Å². The third-order valence-electron chi connectivity index (χ3n) is 6.08. The molecule has 0 aliphatic carbocycles. The van der Waals surface area contributed by atoms with Crippen molar-refractivity contribution in [3.63, 3.8) is 0 Å². The lowest BCUT2D eigenvalue weighted by Crippen LogP contribution is -2.60. The van der Waals surface area contributed by atoms with Gasteiger partial charge < -0.3 is 20.4 Å². The van der Waals surface area contributed by atoms with E-state index in [0.29, 0.717) is 55.7 Å². The largest absolute Gasteiger partial charge is 0.367 e. The van der Waals surface area contributed by atoms with E-state index >= 15 is 0 Å². The summed E-state index contributed by atoms with van der Waals surface area (Å²) in [5.41, 5.74) is 1.13. The van der Waals surface area contributed by atoms with Crippen LogP contribution in [0.3, 0.4) is 0 Å². The van der Waals surface area contributed by atoms with Crippen LogP contribution in [-0.4, -0.2) is 79.4 Å². The lowest BCUT2D eigenvalue weighted by Gasteiger charge is -2.39. The zero-order valence-corrected chi connectivity index (χ0v) is 19.4. The molecule has 2 aliphatic heterocycles. The number of hydrogen-bond donors (Lipinski definition) is 2. The fourth-order valence-corrected chi connectivity index (χ4v) is 4.40. The molecule has 2 saturated heterocycles. The molecule has 0 radical (unpaired) electrons. The highest BCUT2D eigenvalue weighted by molar-refractivity contribution is 6.30. The van der Waals surface area contributed by atoms with E-state index in [1.807, 2.05) is 9.80 Å². The number of benzene rings is 2. The van der Waals surface area contributed by atoms with Crippen LogP contribution < -0.4 is 15.5 Å². The monoisotopic (exact) mass is 487 g/mol. The molecule has 0 bridgehead atoms. The number of carbonyl (C=O) groups excluding carboxylic acids is 3. The van der Waals surface area contributed by atoms with Crippen LogP contribution in [0.2, 0.25) is 5.02 Å². The quantitative estimate of drug-likeness (QED) is 0.650. The molecule has 3 amide bonds. The first-order chi connectivity index (χ1) is 16.4. The summed E-state index contributed by atoms with van der Waals surface area (Å²) in [7, 11) is 0. The van der Waals surface area contributed by atoms with Gasteiger partial charge in [0.25, 0.3) is 0 Å². The van der Waals surface area contributed by atoms with E-state index in [-0.39, 0.29) is 36.5 Å². The van der Waals surface area contributed by atoms with Crippen LogP contribution in [0.4, 0.5) is 15.8 Å². The van der Waals surface area contributed by atoms with E-state index in [1.54, 1.807) is 42.5 Å². The number of anilines is 2. The molecule has 4 rings (SSSR count). The minimum absolute atomic E-state index is 0.138. The Morgan fingerprint density at radius 3 is 2.44 bits per heavy atom. The van der Waals surface area contributed by atoms with Crippen LogP contribution in [-0.2, 0) is 14.4 Å². The Hall–Kier alpha value is -3.17. The highest BCUT2D eigenvalue weighted by atomic mass is 35.5. The molecular formula is C24H27ClFN5O3. The number of halogens is 2. The van der Waals surface area contributed by atoms with Crippen molar-refractivity contribution in [2.45, 2.75) is 12.5 Å². The molecule has 8 nitrogen and oxygen atoms in total. The molecule has 2 aliphatic rings. The van der Waals surface area contributed by atoms with Crippen molar-refractivity contribution in [1.29, 1.82) is 0 Å². The van der Waals surface area contributed by atoms with Crippen LogP contribution >= 0.6 is 11.6 Å². The Kier molecular flexibility index (Phi) is 7.64. The summed E-state index contributed by atoms with van der Waals surface area (Å²) in [6.07, 6.45) is -0.138. The Morgan fingerprint density at radius 1 is 1.03 bits per heavy atom. The summed E-state index contributed by atoms with van der Waals surface area (Å²) in [5, 5.41) is 6.03. The normalized spacial score (nSPS) is 19.0. The number of rotatable bonds is 6. The first-order valence-electron chi connectivity index (χ1n) is 11.2. The van der Waals surface area contributed by atoms with Gasteiger partial charge in [0.1, 0.15) is 11.9 Å². The van der Waals surface area contributed by atoms with Gasteiger partial charge >= 0.3 is 0 Å². The van der Waals surface area contributed by atoms with Crippen molar-refractivity contribution in [2.24, 2.45) is 0 Å². The van der Waals surface area contributed by atoms with E-state index in [9.17, 15) is 18.8 Å². The topological polar surface area (TPSA) is 85.0 Å². The van der Waals surface area contributed by atoms with Crippen molar-refractivity contribution in [3.05, 3.63) is 59.4 Å². The predicted octanol–water partition coefficient (Wildman–Crippen LogP) is 1.96. The Labute approximate surface area is 202 Å². The standard InChI is InChI=1S/C24H27ClFN5O3/c25-17-5-7-18(8-6-17)28-22(32)15-21-24(34)27-9-10-31(21)23(33)16-29-11-13-30(14-12-29)20-4-2-1-3-19(20)26/h1-8,21H,9-16H2,(H,27,34)(H,28,32). The molecule has 2 aromatic rings. The van der Waals surface area contributed by atoms with Crippen molar-refractivity contribution in [3.8, 4) is 0 Å². The third kappa shape index (κ3) is 5.84. The summed E-state index contributed by atoms with van der Waals surface area (Å²) >= 11 is 5.87. The van der Waals surface area contributed by atoms with Gasteiger partial charge in [-0.2, -0.15) is 0 Å². The van der Waals surface area contributed by atoms with Crippen LogP contribution in [0.25, 0.3) is 0 Å². The predicted molar refractivity (Wildman–Crippen MR) is 128 cm³/mol. The van der Waals surface area contributed by atoms with E-state index in [0.717, 1.165) is 0 Å². The average molecular weight is 488 g/mol. The minimum Gasteiger partial charge on any atom is -0.367 e. The number of para-hydroxylation sites is 1. The molecule has 2 aromatic carbocycles. The van der Waals surface area contributed by atoms with Crippen LogP contribution in [0, 0.1) is 5.82 Å². The molecule has 2 N–H and O–H groups in total. The molecule has 10 heteroatoms. The summed E-state index contributed by atoms with van der Waals surface area (Å²) in [4.78, 5) is 43.6. The lowest BCUT2D eigenvalue weighted by molar-refractivity contribution is -0.145. The molecule has 0 aromatic heterocycles. The van der Waals surface area contributed by atoms with Gasteiger partial charge in [0.05, 0.1) is 18.7 Å². The second kappa shape index (κ2) is 10.8. The average Bonchev–Trinajstić information content (AvgIpc) is 2.83. The first-order valence-corrected chi connectivity index (χ1v) is 11.6. The molecule has 180 valence electrons. The van der Waals surface area contributed by atoms with Gasteiger partial charge in [-0.1, -0.05) is 23.7 Å². The van der Waals surface area contributed by atoms with E-state index in [1.165, 1.54) is 11.0 Å². The SMILES string of the molecule is O=C(CC1C(=O)NCCN1C(=O)CN1CCN(c2ccccc2F)CC1)Nc1ccc(Cl)cc1. The van der Waals surface area contributed by atoms with Crippen LogP contribution in [0.5, 0.6) is 0 Å². The molecule has 0 spiro atoms. The molecule has 34 heavy (non-hydrogen) atoms. The number of nitrogens with zero attached hydrogens (tertiary/aromatic N) is 3. The summed E-state index contributed by atoms with van der Waals surface area (Å²) in [6, 6.07) is 12.5. The number of piperazine rings is 2. The number of amides is 3. The maximum atomic E-state index is 14.1. The fourth-order valence-electron chi connectivity index (χ4n) is 4.27. The minimum atomic E-state index is -0.867. The van der Waals surface area contributed by atoms with Gasteiger partial charge in [-0.05, 0) is 36.4 Å². The van der Waals surface area contributed by atoms with Crippen molar-refractivity contribution >= 4 is 40.7 Å². The van der Waals surface area contributed by atoms with E-state index < -0.39 is 6.04 Å². The van der Waals surface area contributed by atoms with Gasteiger partial charge in [-0.15, -0.1) is 0 Å². The summed E-state index contributed by atoms with van der Waals surface area (Å²) in [6.45, 7) is 3.24. The Balaban J connectivity index is 1.32. The molecule has 1 atom stereocenters. The fraction of sp³-hybridized carbons (Fsp3) is 0.375. The second-order valence-corrected chi connectivity index (χ2v) is 8.80. The zero-order valence-electron chi connectivity index (χ0n) is 18.7. The molecule has 0 saturated carbocycles. The Morgan fingerprint density at radius 2 is 1.74 bits per heavy atom. The van der Waals surface area contributed by atoms with Gasteiger partial charge in [0.2, 0.25) is 17.7 Å². The van der Waals surface area contributed by atoms with Gasteiger partial charge in [0, 0.05) is 50.0 Å². The maximum absolute atomic E-state index is 14.1. The second-order valence-electron chi connectivity index (χ2n) is 8.37. The lowest BCUT2D eigenvalue weighted by atomic mass is 10.1. The number of hydrogen-bond acceptors (Lipinski definition) is 5. The highest BCUT2D eigenvalue weighted by Crippen LogP contribution is 2.20. The highest BCUT2D eigenvalue weighted by Gasteiger charge is 2.35. The zero-order chi connectivity index (χ0) is 24.1. The number of carbonyl (C=O) groups is 3. The molecular weight excluding hydrogens is 461 g/mol. The first kappa shape index (κ1) is 24.0. The van der Waals surface area contributed by atoms with Gasteiger partial charge in [-0.25, -0.2) is 4.39 Å². The summed E-state index contributed by atoms with van der Waals surface area (Å²) in [5.74, 6) is -1.15. The third-order valence-corrected chi connectivity index (χ3v) is 6.33. The van der Waals surface area contributed by atoms with Gasteiger partial charge in [-0.3, -0.25) is 19.3 Å². The smallest absolute Gasteiger partial charge is 0.243 e. The van der Waals surface area contributed by atoms with Gasteiger partial charge in [0.15, 0.2) is 0 Å². The van der Waals surface area contributed by atoms with Crippen LogP contribution in [0.1, 0.15) is 6.42 Å². The maximum Gasteiger partial charge on any atom is 0.243 e. The molecule has 2 heterocycles. The van der Waals surface area contributed by atoms with Crippen LogP contribution in [0.15, 0.2) is 48.5 Å². The number of nitrogens with one attached hydrogen (secondary N) is 2. The van der Waals surface area contributed by atoms with Crippen molar-refractivity contribution < 1.29 is 18.8 Å². The molecule has 2 fully saturated rings. The summed E-state index contributed by atoms with van der Waals surface area (Å²) < 4.78 is 14.1. The van der Waals surface area contributed by atoms with Crippen molar-refractivity contribution in [2.75, 3.05) is 56.0 Å². The molecule has 1 unspecified atom stereocenters.